The van der Waals surface area contributed by atoms with Gasteiger partial charge in [-0.1, -0.05) is 34.7 Å². The zero-order valence-electron chi connectivity index (χ0n) is 16.9. The number of nitrogen functional groups attached to an aromatic ring is 1. The third kappa shape index (κ3) is 4.16. The predicted molar refractivity (Wildman–Crippen MR) is 119 cm³/mol. The molecule has 32 heavy (non-hydrogen) atoms. The summed E-state index contributed by atoms with van der Waals surface area (Å²) >= 11 is 1.07. The van der Waals surface area contributed by atoms with Crippen molar-refractivity contribution in [3.8, 4) is 5.75 Å². The average molecular weight is 450 g/mol. The highest BCUT2D eigenvalue weighted by Crippen LogP contribution is 2.39. The van der Waals surface area contributed by atoms with Gasteiger partial charge in [0.05, 0.1) is 6.61 Å². The van der Waals surface area contributed by atoms with Crippen LogP contribution in [0.5, 0.6) is 5.75 Å². The number of carbonyl (C=O) groups is 2. The highest BCUT2D eigenvalue weighted by molar-refractivity contribution is 7.18. The number of aromatic nitrogens is 2. The average Bonchev–Trinajstić information content (AvgIpc) is 3.43. The summed E-state index contributed by atoms with van der Waals surface area (Å²) in [6.45, 7) is 1.84. The molecule has 10 heteroatoms. The van der Waals surface area contributed by atoms with E-state index in [1.54, 1.807) is 31.2 Å². The van der Waals surface area contributed by atoms with Crippen LogP contribution in [0.2, 0.25) is 0 Å². The van der Waals surface area contributed by atoms with E-state index >= 15 is 0 Å². The molecule has 0 saturated carbocycles. The number of ether oxygens (including phenoxy) is 1. The molecule has 0 aliphatic carbocycles. The van der Waals surface area contributed by atoms with Crippen molar-refractivity contribution < 1.29 is 24.0 Å². The van der Waals surface area contributed by atoms with Gasteiger partial charge in [0, 0.05) is 17.4 Å². The maximum Gasteiger partial charge on any atom is 0.360 e. The van der Waals surface area contributed by atoms with Crippen molar-refractivity contribution in [2.45, 2.75) is 6.92 Å². The standard InChI is InChI=1S/C22H18N4O5S/c1-2-30-21(29)16-12-17(31-25-16)18(28)19-20(23)24-22(32-19)26(13-6-4-3-5-7-13)14-8-10-15(27)11-9-14/h3-12,27H,2,23H2,1H3. The highest BCUT2D eigenvalue weighted by Gasteiger charge is 2.26. The molecule has 0 bridgehead atoms. The van der Waals surface area contributed by atoms with Gasteiger partial charge in [0.15, 0.2) is 10.8 Å². The van der Waals surface area contributed by atoms with Crippen LogP contribution >= 0.6 is 11.3 Å². The van der Waals surface area contributed by atoms with Crippen molar-refractivity contribution in [3.63, 3.8) is 0 Å². The fraction of sp³-hybridized carbons (Fsp3) is 0.0909. The first-order valence-corrected chi connectivity index (χ1v) is 10.4. The van der Waals surface area contributed by atoms with Gasteiger partial charge in [-0.15, -0.1) is 0 Å². The lowest BCUT2D eigenvalue weighted by molar-refractivity contribution is 0.0514. The first-order chi connectivity index (χ1) is 15.5. The first-order valence-electron chi connectivity index (χ1n) is 9.57. The minimum absolute atomic E-state index is 0.0174. The molecule has 3 N–H and O–H groups in total. The molecular weight excluding hydrogens is 432 g/mol. The van der Waals surface area contributed by atoms with Crippen molar-refractivity contribution in [1.82, 2.24) is 10.1 Å². The maximum absolute atomic E-state index is 13.0. The lowest BCUT2D eigenvalue weighted by Crippen LogP contribution is -2.09. The van der Waals surface area contributed by atoms with Gasteiger partial charge in [-0.2, -0.15) is 0 Å². The molecule has 0 radical (unpaired) electrons. The molecule has 4 rings (SSSR count). The van der Waals surface area contributed by atoms with Gasteiger partial charge in [-0.05, 0) is 43.3 Å². The summed E-state index contributed by atoms with van der Waals surface area (Å²) in [5.41, 5.74) is 7.47. The number of esters is 1. The number of thiazole rings is 1. The number of nitrogens with two attached hydrogens (primary N) is 1. The zero-order valence-corrected chi connectivity index (χ0v) is 17.7. The first kappa shape index (κ1) is 21.1. The Labute approximate surface area is 186 Å². The van der Waals surface area contributed by atoms with E-state index < -0.39 is 11.8 Å². The molecule has 0 unspecified atom stereocenters. The third-order valence-electron chi connectivity index (χ3n) is 4.38. The molecule has 0 aliphatic heterocycles. The Balaban J connectivity index is 1.71. The van der Waals surface area contributed by atoms with E-state index in [-0.39, 0.29) is 34.5 Å². The molecule has 9 nitrogen and oxygen atoms in total. The molecule has 0 fully saturated rings. The number of anilines is 4. The van der Waals surface area contributed by atoms with E-state index in [0.717, 1.165) is 17.0 Å². The van der Waals surface area contributed by atoms with Crippen LogP contribution in [0.3, 0.4) is 0 Å². The molecule has 2 aromatic carbocycles. The summed E-state index contributed by atoms with van der Waals surface area (Å²) in [7, 11) is 0. The molecule has 162 valence electrons. The van der Waals surface area contributed by atoms with Gasteiger partial charge in [0.1, 0.15) is 16.4 Å². The Kier molecular flexibility index (Phi) is 5.86. The van der Waals surface area contributed by atoms with Crippen LogP contribution in [0.25, 0.3) is 0 Å². The largest absolute Gasteiger partial charge is 0.508 e. The number of benzene rings is 2. The third-order valence-corrected chi connectivity index (χ3v) is 5.44. The molecule has 2 aromatic heterocycles. The number of phenolic OH excluding ortho intramolecular Hbond substituents is 1. The van der Waals surface area contributed by atoms with Crippen LogP contribution in [0.1, 0.15) is 32.8 Å². The summed E-state index contributed by atoms with van der Waals surface area (Å²) in [5.74, 6) is -1.24. The van der Waals surface area contributed by atoms with Gasteiger partial charge in [-0.25, -0.2) is 9.78 Å². The lowest BCUT2D eigenvalue weighted by atomic mass is 10.2. The van der Waals surface area contributed by atoms with Crippen LogP contribution in [-0.4, -0.2) is 33.6 Å². The minimum Gasteiger partial charge on any atom is -0.508 e. The second-order valence-electron chi connectivity index (χ2n) is 6.52. The molecular formula is C22H18N4O5S. The van der Waals surface area contributed by atoms with E-state index in [1.807, 2.05) is 35.2 Å². The summed E-state index contributed by atoms with van der Waals surface area (Å²) in [5, 5.41) is 13.7. The molecule has 4 aromatic rings. The predicted octanol–water partition coefficient (Wildman–Crippen LogP) is 4.30. The summed E-state index contributed by atoms with van der Waals surface area (Å²) in [4.78, 5) is 31.1. The van der Waals surface area contributed by atoms with Gasteiger partial charge in [0.25, 0.3) is 0 Å². The smallest absolute Gasteiger partial charge is 0.360 e. The van der Waals surface area contributed by atoms with Crippen molar-refractivity contribution in [2.75, 3.05) is 17.2 Å². The Morgan fingerprint density at radius 1 is 1.12 bits per heavy atom. The fourth-order valence-electron chi connectivity index (χ4n) is 2.92. The lowest BCUT2D eigenvalue weighted by Gasteiger charge is -2.22. The Morgan fingerprint density at radius 3 is 2.50 bits per heavy atom. The number of para-hydroxylation sites is 1. The van der Waals surface area contributed by atoms with E-state index in [0.29, 0.717) is 10.8 Å². The zero-order chi connectivity index (χ0) is 22.7. The normalized spacial score (nSPS) is 10.7. The number of phenols is 1. The van der Waals surface area contributed by atoms with Crippen molar-refractivity contribution in [3.05, 3.63) is 77.0 Å². The molecule has 0 amide bonds. The van der Waals surface area contributed by atoms with Crippen LogP contribution in [-0.2, 0) is 4.74 Å². The Hall–Kier alpha value is -4.18. The van der Waals surface area contributed by atoms with Gasteiger partial charge in [-0.3, -0.25) is 9.69 Å². The number of aromatic hydroxyl groups is 1. The number of nitrogens with zero attached hydrogens (tertiary/aromatic N) is 3. The summed E-state index contributed by atoms with van der Waals surface area (Å²) in [6, 6.07) is 17.2. The number of ketones is 1. The maximum atomic E-state index is 13.0. The van der Waals surface area contributed by atoms with Gasteiger partial charge < -0.3 is 20.1 Å². The van der Waals surface area contributed by atoms with Crippen molar-refractivity contribution >= 4 is 45.4 Å². The summed E-state index contributed by atoms with van der Waals surface area (Å²) < 4.78 is 9.90. The van der Waals surface area contributed by atoms with Crippen LogP contribution in [0.15, 0.2) is 65.2 Å². The van der Waals surface area contributed by atoms with Crippen LogP contribution < -0.4 is 10.6 Å². The highest BCUT2D eigenvalue weighted by atomic mass is 32.1. The Bertz CT molecular complexity index is 1250. The second kappa shape index (κ2) is 8.90. The quantitative estimate of drug-likeness (QED) is 0.312. The fourth-order valence-corrected chi connectivity index (χ4v) is 3.89. The number of carbonyl (C=O) groups excluding carboxylic acids is 2. The Morgan fingerprint density at radius 2 is 1.81 bits per heavy atom. The van der Waals surface area contributed by atoms with Crippen LogP contribution in [0, 0.1) is 0 Å². The molecule has 0 aliphatic rings. The van der Waals surface area contributed by atoms with E-state index in [1.165, 1.54) is 6.07 Å². The van der Waals surface area contributed by atoms with Crippen LogP contribution in [0.4, 0.5) is 22.3 Å². The summed E-state index contributed by atoms with van der Waals surface area (Å²) in [6.07, 6.45) is 0. The van der Waals surface area contributed by atoms with E-state index in [9.17, 15) is 14.7 Å². The van der Waals surface area contributed by atoms with Gasteiger partial charge >= 0.3 is 5.97 Å². The number of rotatable bonds is 7. The minimum atomic E-state index is -0.684. The van der Waals surface area contributed by atoms with Crippen molar-refractivity contribution in [1.29, 1.82) is 0 Å². The molecule has 0 spiro atoms. The molecule has 2 heterocycles. The number of hydrogen-bond acceptors (Lipinski definition) is 10. The van der Waals surface area contributed by atoms with Crippen molar-refractivity contribution in [2.24, 2.45) is 0 Å². The molecule has 0 saturated heterocycles. The van der Waals surface area contributed by atoms with E-state index in [4.69, 9.17) is 15.0 Å². The topological polar surface area (TPSA) is 132 Å². The van der Waals surface area contributed by atoms with Gasteiger partial charge in [0.2, 0.25) is 11.5 Å². The monoisotopic (exact) mass is 450 g/mol. The SMILES string of the molecule is CCOC(=O)c1cc(C(=O)c2sc(N(c3ccccc3)c3ccc(O)cc3)nc2N)on1. The molecule has 0 atom stereocenters. The second-order valence-corrected chi connectivity index (χ2v) is 7.50. The number of hydrogen-bond donors (Lipinski definition) is 2. The van der Waals surface area contributed by atoms with E-state index in [2.05, 4.69) is 10.1 Å².